The maximum absolute atomic E-state index is 11.8. The van der Waals surface area contributed by atoms with Crippen LogP contribution in [0.4, 0.5) is 0 Å². The number of rotatable bonds is 5. The number of benzene rings is 1. The normalized spacial score (nSPS) is 13.8. The highest BCUT2D eigenvalue weighted by atomic mass is 16.5. The molecule has 6 heteroatoms. The molecular formula is C13H18O6. The van der Waals surface area contributed by atoms with Gasteiger partial charge in [0, 0.05) is 6.42 Å². The second-order valence-corrected chi connectivity index (χ2v) is 4.38. The van der Waals surface area contributed by atoms with E-state index < -0.39 is 35.4 Å². The molecule has 0 aliphatic carbocycles. The van der Waals surface area contributed by atoms with Crippen LogP contribution in [0.3, 0.4) is 0 Å². The third-order valence-corrected chi connectivity index (χ3v) is 2.64. The van der Waals surface area contributed by atoms with Gasteiger partial charge < -0.3 is 25.2 Å². The van der Waals surface area contributed by atoms with Gasteiger partial charge in [-0.1, -0.05) is 6.92 Å². The van der Waals surface area contributed by atoms with Crippen molar-refractivity contribution >= 4 is 5.97 Å². The fraction of sp³-hybridized carbons (Fsp3) is 0.462. The summed E-state index contributed by atoms with van der Waals surface area (Å²) in [6, 6.07) is 2.01. The minimum absolute atomic E-state index is 0.0724. The van der Waals surface area contributed by atoms with Crippen LogP contribution >= 0.6 is 0 Å². The number of carbonyl (C=O) groups is 1. The summed E-state index contributed by atoms with van der Waals surface area (Å²) in [4.78, 5) is 11.8. The summed E-state index contributed by atoms with van der Waals surface area (Å²) in [5.74, 6) is -2.63. The zero-order valence-corrected chi connectivity index (χ0v) is 10.8. The summed E-state index contributed by atoms with van der Waals surface area (Å²) in [5, 5.41) is 37.0. The largest absolute Gasteiger partial charge is 0.504 e. The Morgan fingerprint density at radius 1 is 1.26 bits per heavy atom. The predicted octanol–water partition coefficient (Wildman–Crippen LogP) is 1.51. The lowest BCUT2D eigenvalue weighted by Gasteiger charge is -2.17. The van der Waals surface area contributed by atoms with Gasteiger partial charge in [0.05, 0.1) is 11.7 Å². The highest BCUT2D eigenvalue weighted by Crippen LogP contribution is 2.35. The molecule has 0 heterocycles. The van der Waals surface area contributed by atoms with E-state index in [1.54, 1.807) is 6.92 Å². The predicted molar refractivity (Wildman–Crippen MR) is 67.2 cm³/mol. The van der Waals surface area contributed by atoms with Crippen molar-refractivity contribution in [3.63, 3.8) is 0 Å². The molecule has 0 saturated heterocycles. The molecule has 0 aliphatic heterocycles. The molecule has 0 bridgehead atoms. The van der Waals surface area contributed by atoms with Crippen molar-refractivity contribution in [3.8, 4) is 17.2 Å². The third kappa shape index (κ3) is 4.03. The van der Waals surface area contributed by atoms with Crippen molar-refractivity contribution < 1.29 is 30.0 Å². The van der Waals surface area contributed by atoms with Crippen LogP contribution in [0.2, 0.25) is 0 Å². The number of aromatic hydroxyl groups is 3. The fourth-order valence-corrected chi connectivity index (χ4v) is 1.62. The Bertz CT molecular complexity index is 431. The molecule has 2 unspecified atom stereocenters. The molecule has 0 amide bonds. The Balaban J connectivity index is 2.83. The molecule has 0 saturated carbocycles. The zero-order chi connectivity index (χ0) is 14.6. The van der Waals surface area contributed by atoms with Crippen LogP contribution in [-0.2, 0) is 4.74 Å². The molecule has 0 spiro atoms. The Labute approximate surface area is 110 Å². The number of aliphatic hydroxyl groups is 1. The van der Waals surface area contributed by atoms with Gasteiger partial charge in [-0.15, -0.1) is 0 Å². The lowest BCUT2D eigenvalue weighted by molar-refractivity contribution is 0.0158. The van der Waals surface area contributed by atoms with Gasteiger partial charge in [0.25, 0.3) is 0 Å². The van der Waals surface area contributed by atoms with Crippen molar-refractivity contribution in [2.45, 2.75) is 38.9 Å². The van der Waals surface area contributed by atoms with E-state index in [-0.39, 0.29) is 5.56 Å². The maximum Gasteiger partial charge on any atom is 0.338 e. The molecule has 106 valence electrons. The van der Waals surface area contributed by atoms with Crippen LogP contribution in [0.5, 0.6) is 17.2 Å². The second kappa shape index (κ2) is 6.29. The summed E-state index contributed by atoms with van der Waals surface area (Å²) in [6.45, 7) is 3.40. The lowest BCUT2D eigenvalue weighted by atomic mass is 10.1. The lowest BCUT2D eigenvalue weighted by Crippen LogP contribution is -2.22. The van der Waals surface area contributed by atoms with Crippen molar-refractivity contribution in [3.05, 3.63) is 17.7 Å². The number of carbonyl (C=O) groups excluding carboxylic acids is 1. The monoisotopic (exact) mass is 270 g/mol. The first-order valence-electron chi connectivity index (χ1n) is 5.99. The standard InChI is InChI=1S/C13H18O6/c1-3-9(4-7(2)14)19-13(18)8-5-10(15)12(17)11(16)6-8/h5-7,9,14-17H,3-4H2,1-2H3. The topological polar surface area (TPSA) is 107 Å². The number of phenols is 3. The molecule has 19 heavy (non-hydrogen) atoms. The third-order valence-electron chi connectivity index (χ3n) is 2.64. The summed E-state index contributed by atoms with van der Waals surface area (Å²) in [7, 11) is 0. The van der Waals surface area contributed by atoms with Gasteiger partial charge in [0.1, 0.15) is 6.10 Å². The van der Waals surface area contributed by atoms with Gasteiger partial charge in [-0.3, -0.25) is 0 Å². The number of ether oxygens (including phenoxy) is 1. The van der Waals surface area contributed by atoms with Crippen molar-refractivity contribution in [1.29, 1.82) is 0 Å². The van der Waals surface area contributed by atoms with E-state index in [1.807, 2.05) is 6.92 Å². The van der Waals surface area contributed by atoms with Crippen LogP contribution in [0.15, 0.2) is 12.1 Å². The number of esters is 1. The Kier molecular flexibility index (Phi) is 5.00. The first-order valence-corrected chi connectivity index (χ1v) is 5.99. The van der Waals surface area contributed by atoms with Crippen LogP contribution in [0.1, 0.15) is 37.0 Å². The minimum atomic E-state index is -0.738. The van der Waals surface area contributed by atoms with E-state index in [0.717, 1.165) is 12.1 Å². The van der Waals surface area contributed by atoms with Gasteiger partial charge >= 0.3 is 5.97 Å². The molecule has 1 aromatic carbocycles. The smallest absolute Gasteiger partial charge is 0.338 e. The van der Waals surface area contributed by atoms with Gasteiger partial charge in [-0.2, -0.15) is 0 Å². The maximum atomic E-state index is 11.8. The Hall–Kier alpha value is -1.95. The summed E-state index contributed by atoms with van der Waals surface area (Å²) in [5.41, 5.74) is -0.0724. The molecule has 2 atom stereocenters. The van der Waals surface area contributed by atoms with E-state index in [2.05, 4.69) is 0 Å². The second-order valence-electron chi connectivity index (χ2n) is 4.38. The van der Waals surface area contributed by atoms with Crippen LogP contribution in [0, 0.1) is 0 Å². The number of phenolic OH excluding ortho intramolecular Hbond substituents is 3. The van der Waals surface area contributed by atoms with E-state index in [0.29, 0.717) is 12.8 Å². The summed E-state index contributed by atoms with van der Waals surface area (Å²) < 4.78 is 5.14. The van der Waals surface area contributed by atoms with E-state index >= 15 is 0 Å². The van der Waals surface area contributed by atoms with Crippen molar-refractivity contribution in [2.24, 2.45) is 0 Å². The quantitative estimate of drug-likeness (QED) is 0.477. The molecule has 0 fully saturated rings. The Morgan fingerprint density at radius 2 is 1.79 bits per heavy atom. The zero-order valence-electron chi connectivity index (χ0n) is 10.8. The summed E-state index contributed by atoms with van der Waals surface area (Å²) in [6.07, 6.45) is -0.213. The highest BCUT2D eigenvalue weighted by Gasteiger charge is 2.19. The van der Waals surface area contributed by atoms with Gasteiger partial charge in [-0.25, -0.2) is 4.79 Å². The minimum Gasteiger partial charge on any atom is -0.504 e. The van der Waals surface area contributed by atoms with Crippen molar-refractivity contribution in [1.82, 2.24) is 0 Å². The molecule has 1 rings (SSSR count). The van der Waals surface area contributed by atoms with Gasteiger partial charge in [0.15, 0.2) is 17.2 Å². The van der Waals surface area contributed by atoms with E-state index in [4.69, 9.17) is 4.74 Å². The van der Waals surface area contributed by atoms with Gasteiger partial charge in [-0.05, 0) is 25.5 Å². The van der Waals surface area contributed by atoms with Gasteiger partial charge in [0.2, 0.25) is 0 Å². The molecule has 0 radical (unpaired) electrons. The fourth-order valence-electron chi connectivity index (χ4n) is 1.62. The van der Waals surface area contributed by atoms with E-state index in [1.165, 1.54) is 0 Å². The summed E-state index contributed by atoms with van der Waals surface area (Å²) >= 11 is 0. The first kappa shape index (κ1) is 15.1. The van der Waals surface area contributed by atoms with Crippen LogP contribution in [0.25, 0.3) is 0 Å². The molecular weight excluding hydrogens is 252 g/mol. The highest BCUT2D eigenvalue weighted by molar-refractivity contribution is 5.91. The number of aliphatic hydroxyl groups excluding tert-OH is 1. The molecule has 6 nitrogen and oxygen atoms in total. The van der Waals surface area contributed by atoms with E-state index in [9.17, 15) is 25.2 Å². The number of hydrogen-bond donors (Lipinski definition) is 4. The van der Waals surface area contributed by atoms with Crippen molar-refractivity contribution in [2.75, 3.05) is 0 Å². The Morgan fingerprint density at radius 3 is 2.21 bits per heavy atom. The average Bonchev–Trinajstić information content (AvgIpc) is 2.33. The van der Waals surface area contributed by atoms with Crippen LogP contribution < -0.4 is 0 Å². The molecule has 0 aromatic heterocycles. The molecule has 4 N–H and O–H groups in total. The van der Waals surface area contributed by atoms with Crippen LogP contribution in [-0.4, -0.2) is 38.6 Å². The average molecular weight is 270 g/mol. The number of hydrogen-bond acceptors (Lipinski definition) is 6. The SMILES string of the molecule is CCC(CC(C)O)OC(=O)c1cc(O)c(O)c(O)c1. The first-order chi connectivity index (χ1) is 8.85. The molecule has 1 aromatic rings. The molecule has 0 aliphatic rings.